The predicted molar refractivity (Wildman–Crippen MR) is 112 cm³/mol. The van der Waals surface area contributed by atoms with E-state index in [0.717, 1.165) is 9.87 Å². The zero-order chi connectivity index (χ0) is 21.4. The van der Waals surface area contributed by atoms with Crippen LogP contribution < -0.4 is 10.1 Å². The lowest BCUT2D eigenvalue weighted by Gasteiger charge is -2.24. The van der Waals surface area contributed by atoms with Crippen molar-refractivity contribution in [3.63, 3.8) is 0 Å². The Morgan fingerprint density at radius 2 is 1.86 bits per heavy atom. The van der Waals surface area contributed by atoms with Gasteiger partial charge in [-0.25, -0.2) is 8.42 Å². The van der Waals surface area contributed by atoms with Crippen LogP contribution in [0.5, 0.6) is 5.75 Å². The lowest BCUT2D eigenvalue weighted by molar-refractivity contribution is -0.122. The smallest absolute Gasteiger partial charge is 0.247 e. The van der Waals surface area contributed by atoms with Crippen LogP contribution in [-0.2, 0) is 26.1 Å². The average Bonchev–Trinajstić information content (AvgIpc) is 2.68. The number of amides is 1. The second-order valence-corrected chi connectivity index (χ2v) is 8.82. The largest absolute Gasteiger partial charge is 0.495 e. The number of rotatable bonds is 10. The van der Waals surface area contributed by atoms with E-state index in [1.165, 1.54) is 26.4 Å². The predicted octanol–water partition coefficient (Wildman–Crippen LogP) is 2.69. The molecule has 0 heterocycles. The van der Waals surface area contributed by atoms with E-state index in [2.05, 4.69) is 5.32 Å². The summed E-state index contributed by atoms with van der Waals surface area (Å²) in [7, 11) is -1.17. The number of nitrogens with one attached hydrogen (secondary N) is 1. The number of methoxy groups -OCH3 is 2. The van der Waals surface area contributed by atoms with Crippen molar-refractivity contribution < 1.29 is 22.7 Å². The van der Waals surface area contributed by atoms with Crippen LogP contribution in [0.3, 0.4) is 0 Å². The first-order valence-corrected chi connectivity index (χ1v) is 10.8. The molecule has 1 atom stereocenters. The Kier molecular flexibility index (Phi) is 8.45. The molecular formula is C20H25ClN2O5S. The van der Waals surface area contributed by atoms with Crippen LogP contribution >= 0.6 is 11.6 Å². The molecule has 0 fully saturated rings. The molecule has 0 aromatic heterocycles. The number of carbonyl (C=O) groups excluding carboxylic acids is 1. The van der Waals surface area contributed by atoms with Crippen molar-refractivity contribution in [2.45, 2.75) is 24.4 Å². The SMILES string of the molecule is COC[C@H](C)NC(=O)CN(Cc1ccccc1)S(=O)(=O)c1cc(Cl)ccc1OC. The molecule has 2 aromatic carbocycles. The third kappa shape index (κ3) is 6.43. The number of carbonyl (C=O) groups is 1. The summed E-state index contributed by atoms with van der Waals surface area (Å²) in [5.74, 6) is -0.282. The summed E-state index contributed by atoms with van der Waals surface area (Å²) in [4.78, 5) is 12.4. The summed E-state index contributed by atoms with van der Waals surface area (Å²) in [5, 5.41) is 2.99. The van der Waals surface area contributed by atoms with E-state index in [-0.39, 0.29) is 34.8 Å². The Hall–Kier alpha value is -2.13. The fraction of sp³-hybridized carbons (Fsp3) is 0.350. The van der Waals surface area contributed by atoms with Crippen LogP contribution in [-0.4, -0.2) is 52.0 Å². The average molecular weight is 441 g/mol. The third-order valence-corrected chi connectivity index (χ3v) is 6.14. The zero-order valence-electron chi connectivity index (χ0n) is 16.6. The van der Waals surface area contributed by atoms with E-state index < -0.39 is 15.9 Å². The minimum Gasteiger partial charge on any atom is -0.495 e. The first-order valence-electron chi connectivity index (χ1n) is 8.93. The fourth-order valence-corrected chi connectivity index (χ4v) is 4.58. The Morgan fingerprint density at radius 3 is 2.48 bits per heavy atom. The Balaban J connectivity index is 2.38. The van der Waals surface area contributed by atoms with E-state index in [4.69, 9.17) is 21.1 Å². The molecule has 2 aromatic rings. The number of ether oxygens (including phenoxy) is 2. The van der Waals surface area contributed by atoms with E-state index in [0.29, 0.717) is 6.61 Å². The quantitative estimate of drug-likeness (QED) is 0.614. The van der Waals surface area contributed by atoms with Gasteiger partial charge < -0.3 is 14.8 Å². The van der Waals surface area contributed by atoms with E-state index >= 15 is 0 Å². The Morgan fingerprint density at radius 1 is 1.17 bits per heavy atom. The maximum absolute atomic E-state index is 13.4. The van der Waals surface area contributed by atoms with Gasteiger partial charge in [-0.05, 0) is 30.7 Å². The maximum atomic E-state index is 13.4. The first kappa shape index (κ1) is 23.2. The monoisotopic (exact) mass is 440 g/mol. The summed E-state index contributed by atoms with van der Waals surface area (Å²) in [6.45, 7) is 1.75. The van der Waals surface area contributed by atoms with Crippen LogP contribution in [0.2, 0.25) is 5.02 Å². The molecule has 0 bridgehead atoms. The van der Waals surface area contributed by atoms with Gasteiger partial charge in [0, 0.05) is 24.7 Å². The van der Waals surface area contributed by atoms with Gasteiger partial charge in [0.25, 0.3) is 0 Å². The Labute approximate surface area is 176 Å². The molecule has 7 nitrogen and oxygen atoms in total. The van der Waals surface area contributed by atoms with Crippen LogP contribution in [0.4, 0.5) is 0 Å². The van der Waals surface area contributed by atoms with Gasteiger partial charge >= 0.3 is 0 Å². The van der Waals surface area contributed by atoms with E-state index in [1.807, 2.05) is 6.07 Å². The maximum Gasteiger partial charge on any atom is 0.247 e. The zero-order valence-corrected chi connectivity index (χ0v) is 18.2. The molecule has 9 heteroatoms. The molecule has 0 aliphatic rings. The number of halogens is 1. The first-order chi connectivity index (χ1) is 13.8. The van der Waals surface area contributed by atoms with Crippen LogP contribution in [0.25, 0.3) is 0 Å². The number of benzene rings is 2. The molecule has 1 amide bonds. The van der Waals surface area contributed by atoms with Gasteiger partial charge in [-0.3, -0.25) is 4.79 Å². The number of sulfonamides is 1. The van der Waals surface area contributed by atoms with E-state index in [9.17, 15) is 13.2 Å². The number of nitrogens with zero attached hydrogens (tertiary/aromatic N) is 1. The summed E-state index contributed by atoms with van der Waals surface area (Å²) >= 11 is 6.02. The normalized spacial score (nSPS) is 12.6. The van der Waals surface area contributed by atoms with E-state index in [1.54, 1.807) is 37.3 Å². The molecule has 0 aliphatic carbocycles. The van der Waals surface area contributed by atoms with Crippen molar-refractivity contribution in [3.8, 4) is 5.75 Å². The summed E-state index contributed by atoms with van der Waals surface area (Å²) < 4.78 is 38.1. The molecular weight excluding hydrogens is 416 g/mol. The second-order valence-electron chi connectivity index (χ2n) is 6.48. The van der Waals surface area contributed by atoms with Crippen molar-refractivity contribution in [1.82, 2.24) is 9.62 Å². The molecule has 158 valence electrons. The topological polar surface area (TPSA) is 84.9 Å². The highest BCUT2D eigenvalue weighted by Gasteiger charge is 2.30. The minimum atomic E-state index is -4.08. The van der Waals surface area contributed by atoms with Crippen LogP contribution in [0.15, 0.2) is 53.4 Å². The molecule has 0 saturated carbocycles. The molecule has 2 rings (SSSR count). The van der Waals surface area contributed by atoms with Crippen LogP contribution in [0, 0.1) is 0 Å². The molecule has 0 aliphatic heterocycles. The van der Waals surface area contributed by atoms with Gasteiger partial charge in [0.05, 0.1) is 20.3 Å². The van der Waals surface area contributed by atoms with Gasteiger partial charge in [-0.15, -0.1) is 0 Å². The number of hydrogen-bond acceptors (Lipinski definition) is 5. The summed E-state index contributed by atoms with van der Waals surface area (Å²) in [6.07, 6.45) is 0. The van der Waals surface area contributed by atoms with Crippen molar-refractivity contribution >= 4 is 27.5 Å². The highest BCUT2D eigenvalue weighted by Crippen LogP contribution is 2.30. The standard InChI is InChI=1S/C20H25ClN2O5S/c1-15(14-27-2)22-20(24)13-23(12-16-7-5-4-6-8-16)29(25,26)19-11-17(21)9-10-18(19)28-3/h4-11,15H,12-14H2,1-3H3,(H,22,24)/t15-/m0/s1. The second kappa shape index (κ2) is 10.6. The van der Waals surface area contributed by atoms with Gasteiger partial charge in [0.2, 0.25) is 15.9 Å². The third-order valence-electron chi connectivity index (χ3n) is 4.09. The highest BCUT2D eigenvalue weighted by molar-refractivity contribution is 7.89. The molecule has 1 N–H and O–H groups in total. The molecule has 0 saturated heterocycles. The molecule has 0 radical (unpaired) electrons. The van der Waals surface area contributed by atoms with Gasteiger partial charge in [0.1, 0.15) is 10.6 Å². The molecule has 0 unspecified atom stereocenters. The lowest BCUT2D eigenvalue weighted by Crippen LogP contribution is -2.44. The van der Waals surface area contributed by atoms with Crippen LogP contribution in [0.1, 0.15) is 12.5 Å². The van der Waals surface area contributed by atoms with Gasteiger partial charge in [-0.2, -0.15) is 4.31 Å². The summed E-state index contributed by atoms with van der Waals surface area (Å²) in [6, 6.07) is 13.1. The van der Waals surface area contributed by atoms with Crippen molar-refractivity contribution in [2.24, 2.45) is 0 Å². The lowest BCUT2D eigenvalue weighted by atomic mass is 10.2. The van der Waals surface area contributed by atoms with Gasteiger partial charge in [0.15, 0.2) is 0 Å². The fourth-order valence-electron chi connectivity index (χ4n) is 2.78. The van der Waals surface area contributed by atoms with Gasteiger partial charge in [-0.1, -0.05) is 41.9 Å². The van der Waals surface area contributed by atoms with Crippen molar-refractivity contribution in [1.29, 1.82) is 0 Å². The summed E-state index contributed by atoms with van der Waals surface area (Å²) in [5.41, 5.74) is 0.745. The number of hydrogen-bond donors (Lipinski definition) is 1. The highest BCUT2D eigenvalue weighted by atomic mass is 35.5. The minimum absolute atomic E-state index is 0.0188. The molecule has 29 heavy (non-hydrogen) atoms. The Bertz CT molecular complexity index is 922. The molecule has 0 spiro atoms. The van der Waals surface area contributed by atoms with Crippen molar-refractivity contribution in [3.05, 3.63) is 59.1 Å². The van der Waals surface area contributed by atoms with Crippen molar-refractivity contribution in [2.75, 3.05) is 27.4 Å².